The van der Waals surface area contributed by atoms with E-state index in [0.717, 1.165) is 0 Å². The number of alkyl halides is 1. The smallest absolute Gasteiger partial charge is 0.387 e. The van der Waals surface area contributed by atoms with Crippen LogP contribution in [0.1, 0.15) is 13.8 Å². The SMILES string of the molecule is CCOCC(F)(OCC)Oc1[c]cccc1. The van der Waals surface area contributed by atoms with Crippen LogP contribution in [0.2, 0.25) is 0 Å². The molecule has 1 radical (unpaired) electrons. The van der Waals surface area contributed by atoms with E-state index >= 15 is 0 Å². The molecule has 1 aromatic carbocycles. The first-order valence-electron chi connectivity index (χ1n) is 5.26. The zero-order valence-electron chi connectivity index (χ0n) is 9.53. The van der Waals surface area contributed by atoms with Crippen molar-refractivity contribution >= 4 is 0 Å². The third-order valence-electron chi connectivity index (χ3n) is 1.78. The van der Waals surface area contributed by atoms with Crippen LogP contribution >= 0.6 is 0 Å². The minimum absolute atomic E-state index is 0.205. The molecule has 0 N–H and O–H groups in total. The van der Waals surface area contributed by atoms with Gasteiger partial charge in [-0.15, -0.1) is 0 Å². The second-order valence-electron chi connectivity index (χ2n) is 3.06. The van der Waals surface area contributed by atoms with Crippen molar-refractivity contribution in [1.82, 2.24) is 0 Å². The van der Waals surface area contributed by atoms with Crippen LogP contribution in [0.15, 0.2) is 24.3 Å². The molecule has 0 aliphatic heterocycles. The van der Waals surface area contributed by atoms with Crippen LogP contribution in [0.5, 0.6) is 5.75 Å². The zero-order valence-corrected chi connectivity index (χ0v) is 9.53. The summed E-state index contributed by atoms with van der Waals surface area (Å²) in [5.74, 6) is 0.290. The summed E-state index contributed by atoms with van der Waals surface area (Å²) in [6, 6.07) is 7.27. The molecule has 0 fully saturated rings. The third-order valence-corrected chi connectivity index (χ3v) is 1.78. The summed E-state index contributed by atoms with van der Waals surface area (Å²) in [7, 11) is 0. The first-order valence-corrected chi connectivity index (χ1v) is 5.26. The Morgan fingerprint density at radius 3 is 2.69 bits per heavy atom. The standard InChI is InChI=1S/C12H16FO3/c1-3-14-10-12(13,15-4-2)16-11-8-6-5-7-9-11/h5-8H,3-4,10H2,1-2H3. The first-order chi connectivity index (χ1) is 7.70. The maximum atomic E-state index is 14.1. The highest BCUT2D eigenvalue weighted by molar-refractivity contribution is 5.19. The van der Waals surface area contributed by atoms with Gasteiger partial charge in [0.05, 0.1) is 6.61 Å². The number of hydrogen-bond donors (Lipinski definition) is 0. The molecule has 0 saturated carbocycles. The van der Waals surface area contributed by atoms with Crippen LogP contribution in [-0.4, -0.2) is 25.9 Å². The molecule has 89 valence electrons. The Kier molecular flexibility index (Phi) is 5.22. The summed E-state index contributed by atoms with van der Waals surface area (Å²) in [6.07, 6.45) is 0. The van der Waals surface area contributed by atoms with Crippen molar-refractivity contribution < 1.29 is 18.6 Å². The van der Waals surface area contributed by atoms with Gasteiger partial charge in [-0.2, -0.15) is 4.39 Å². The molecule has 0 aromatic heterocycles. The summed E-state index contributed by atoms with van der Waals surface area (Å²) in [6.45, 7) is 3.82. The van der Waals surface area contributed by atoms with E-state index in [9.17, 15) is 4.39 Å². The predicted molar refractivity (Wildman–Crippen MR) is 57.9 cm³/mol. The highest BCUT2D eigenvalue weighted by Crippen LogP contribution is 2.21. The van der Waals surface area contributed by atoms with Gasteiger partial charge in [-0.1, -0.05) is 18.2 Å². The molecule has 0 saturated heterocycles. The van der Waals surface area contributed by atoms with E-state index in [1.54, 1.807) is 38.1 Å². The first kappa shape index (κ1) is 12.9. The topological polar surface area (TPSA) is 27.7 Å². The lowest BCUT2D eigenvalue weighted by Crippen LogP contribution is -2.39. The molecule has 0 heterocycles. The Morgan fingerprint density at radius 2 is 2.12 bits per heavy atom. The number of benzene rings is 1. The van der Waals surface area contributed by atoms with Gasteiger partial charge in [0.1, 0.15) is 12.4 Å². The summed E-state index contributed by atoms with van der Waals surface area (Å²) >= 11 is 0. The third kappa shape index (κ3) is 4.16. The van der Waals surface area contributed by atoms with Crippen LogP contribution in [-0.2, 0) is 9.47 Å². The summed E-state index contributed by atoms with van der Waals surface area (Å²) in [4.78, 5) is 0. The van der Waals surface area contributed by atoms with Gasteiger partial charge in [0.25, 0.3) is 0 Å². The molecule has 0 aliphatic carbocycles. The lowest BCUT2D eigenvalue weighted by molar-refractivity contribution is -0.291. The van der Waals surface area contributed by atoms with Gasteiger partial charge >= 0.3 is 6.04 Å². The average molecular weight is 227 g/mol. The minimum Gasteiger partial charge on any atom is -0.433 e. The monoisotopic (exact) mass is 227 g/mol. The van der Waals surface area contributed by atoms with Crippen LogP contribution in [0.4, 0.5) is 4.39 Å². The van der Waals surface area contributed by atoms with Gasteiger partial charge in [-0.25, -0.2) is 0 Å². The minimum atomic E-state index is -2.25. The Labute approximate surface area is 95.1 Å². The van der Waals surface area contributed by atoms with Gasteiger partial charge < -0.3 is 14.2 Å². The van der Waals surface area contributed by atoms with Crippen molar-refractivity contribution in [2.75, 3.05) is 19.8 Å². The van der Waals surface area contributed by atoms with E-state index in [0.29, 0.717) is 6.61 Å². The molecule has 16 heavy (non-hydrogen) atoms. The maximum absolute atomic E-state index is 14.1. The van der Waals surface area contributed by atoms with Gasteiger partial charge in [-0.3, -0.25) is 0 Å². The molecule has 3 nitrogen and oxygen atoms in total. The molecule has 0 amide bonds. The van der Waals surface area contributed by atoms with Crippen LogP contribution < -0.4 is 4.74 Å². The van der Waals surface area contributed by atoms with Crippen molar-refractivity contribution in [3.63, 3.8) is 0 Å². The van der Waals surface area contributed by atoms with Crippen LogP contribution in [0, 0.1) is 6.07 Å². The largest absolute Gasteiger partial charge is 0.433 e. The van der Waals surface area contributed by atoms with Gasteiger partial charge in [-0.05, 0) is 19.9 Å². The number of ether oxygens (including phenoxy) is 3. The van der Waals surface area contributed by atoms with Crippen molar-refractivity contribution in [3.8, 4) is 5.75 Å². The summed E-state index contributed by atoms with van der Waals surface area (Å²) in [5, 5.41) is 0. The predicted octanol–water partition coefficient (Wildman–Crippen LogP) is 2.56. The van der Waals surface area contributed by atoms with Crippen molar-refractivity contribution in [3.05, 3.63) is 30.3 Å². The lowest BCUT2D eigenvalue weighted by atomic mass is 10.3. The highest BCUT2D eigenvalue weighted by Gasteiger charge is 2.33. The van der Waals surface area contributed by atoms with Crippen molar-refractivity contribution in [2.45, 2.75) is 19.9 Å². The number of hydrogen-bond acceptors (Lipinski definition) is 3. The number of rotatable bonds is 7. The summed E-state index contributed by atoms with van der Waals surface area (Å²) < 4.78 is 29.0. The quantitative estimate of drug-likeness (QED) is 0.670. The van der Waals surface area contributed by atoms with Crippen LogP contribution in [0.3, 0.4) is 0 Å². The Morgan fingerprint density at radius 1 is 1.31 bits per heavy atom. The van der Waals surface area contributed by atoms with E-state index in [4.69, 9.17) is 14.2 Å². The maximum Gasteiger partial charge on any atom is 0.387 e. The second-order valence-corrected chi connectivity index (χ2v) is 3.06. The van der Waals surface area contributed by atoms with Gasteiger partial charge in [0.2, 0.25) is 0 Å². The highest BCUT2D eigenvalue weighted by atomic mass is 19.2. The molecule has 1 atom stereocenters. The fourth-order valence-corrected chi connectivity index (χ4v) is 1.14. The molecular weight excluding hydrogens is 211 g/mol. The zero-order chi connectivity index (χ0) is 11.9. The van der Waals surface area contributed by atoms with Crippen molar-refractivity contribution in [1.29, 1.82) is 0 Å². The molecule has 0 aliphatic rings. The Hall–Kier alpha value is -1.13. The fraction of sp³-hybridized carbons (Fsp3) is 0.500. The second kappa shape index (κ2) is 6.45. The van der Waals surface area contributed by atoms with E-state index in [1.165, 1.54) is 0 Å². The number of para-hydroxylation sites is 1. The average Bonchev–Trinajstić information content (AvgIpc) is 2.28. The van der Waals surface area contributed by atoms with Gasteiger partial charge in [0, 0.05) is 12.7 Å². The normalized spacial score (nSPS) is 14.4. The fourth-order valence-electron chi connectivity index (χ4n) is 1.14. The van der Waals surface area contributed by atoms with E-state index in [1.807, 2.05) is 0 Å². The lowest BCUT2D eigenvalue weighted by Gasteiger charge is -2.25. The van der Waals surface area contributed by atoms with E-state index in [-0.39, 0.29) is 19.0 Å². The molecular formula is C12H16FO3. The molecule has 1 aromatic rings. The molecule has 0 spiro atoms. The Bertz CT molecular complexity index is 292. The van der Waals surface area contributed by atoms with Gasteiger partial charge in [0.15, 0.2) is 0 Å². The van der Waals surface area contributed by atoms with Crippen molar-refractivity contribution in [2.24, 2.45) is 0 Å². The molecule has 4 heteroatoms. The summed E-state index contributed by atoms with van der Waals surface area (Å²) in [5.41, 5.74) is 0. The van der Waals surface area contributed by atoms with E-state index in [2.05, 4.69) is 6.07 Å². The Balaban J connectivity index is 2.62. The van der Waals surface area contributed by atoms with Crippen LogP contribution in [0.25, 0.3) is 0 Å². The molecule has 1 rings (SSSR count). The molecule has 1 unspecified atom stereocenters. The number of halogens is 1. The molecule has 0 bridgehead atoms. The van der Waals surface area contributed by atoms with E-state index < -0.39 is 6.04 Å².